The summed E-state index contributed by atoms with van der Waals surface area (Å²) in [6, 6.07) is 12.6. The summed E-state index contributed by atoms with van der Waals surface area (Å²) in [5.41, 5.74) is 2.71. The highest BCUT2D eigenvalue weighted by Gasteiger charge is 2.11. The van der Waals surface area contributed by atoms with Gasteiger partial charge in [-0.2, -0.15) is 4.98 Å². The molecule has 1 N–H and O–H groups in total. The van der Waals surface area contributed by atoms with Crippen molar-refractivity contribution in [2.24, 2.45) is 0 Å². The third-order valence-corrected chi connectivity index (χ3v) is 3.80. The fourth-order valence-corrected chi connectivity index (χ4v) is 2.21. The van der Waals surface area contributed by atoms with Gasteiger partial charge in [0.25, 0.3) is 5.89 Å². The number of hydrogen-bond donors (Lipinski definition) is 1. The Kier molecular flexibility index (Phi) is 3.28. The van der Waals surface area contributed by atoms with Gasteiger partial charge in [-0.25, -0.2) is 0 Å². The van der Waals surface area contributed by atoms with Gasteiger partial charge in [0, 0.05) is 15.6 Å². The predicted molar refractivity (Wildman–Crippen MR) is 79.3 cm³/mol. The molecule has 0 fully saturated rings. The summed E-state index contributed by atoms with van der Waals surface area (Å²) < 4.78 is 6.24. The smallest absolute Gasteiger partial charge is 0.258 e. The Morgan fingerprint density at radius 3 is 2.70 bits per heavy atom. The first kappa shape index (κ1) is 12.9. The van der Waals surface area contributed by atoms with Crippen LogP contribution >= 0.6 is 15.9 Å². The summed E-state index contributed by atoms with van der Waals surface area (Å²) in [7, 11) is 0. The Morgan fingerprint density at radius 1 is 1.10 bits per heavy atom. The number of rotatable bonds is 2. The summed E-state index contributed by atoms with van der Waals surface area (Å²) in [5, 5.41) is 13.4. The normalized spacial score (nSPS) is 10.7. The molecule has 0 radical (unpaired) electrons. The van der Waals surface area contributed by atoms with E-state index in [1.165, 1.54) is 0 Å². The lowest BCUT2D eigenvalue weighted by atomic mass is 10.1. The number of aromatic hydroxyl groups is 1. The molecule has 0 saturated carbocycles. The molecule has 0 amide bonds. The molecule has 0 spiro atoms. The Hall–Kier alpha value is -2.14. The first-order valence-electron chi connectivity index (χ1n) is 6.03. The van der Waals surface area contributed by atoms with Crippen LogP contribution in [0.15, 0.2) is 51.5 Å². The number of aromatic nitrogens is 2. The first-order chi connectivity index (χ1) is 9.63. The van der Waals surface area contributed by atoms with Crippen LogP contribution in [0.1, 0.15) is 5.56 Å². The SMILES string of the molecule is Cc1ccc(-c2noc(-c3cccc(O)c3)n2)cc1Br. The molecule has 0 unspecified atom stereocenters. The number of phenols is 1. The van der Waals surface area contributed by atoms with Gasteiger partial charge in [0.05, 0.1) is 0 Å². The van der Waals surface area contributed by atoms with Gasteiger partial charge in [0.1, 0.15) is 5.75 Å². The van der Waals surface area contributed by atoms with Gasteiger partial charge in [-0.1, -0.05) is 39.3 Å². The minimum absolute atomic E-state index is 0.167. The summed E-state index contributed by atoms with van der Waals surface area (Å²) in [6.07, 6.45) is 0. The maximum atomic E-state index is 9.47. The Labute approximate surface area is 124 Å². The van der Waals surface area contributed by atoms with Crippen molar-refractivity contribution in [2.75, 3.05) is 0 Å². The highest BCUT2D eigenvalue weighted by atomic mass is 79.9. The van der Waals surface area contributed by atoms with E-state index < -0.39 is 0 Å². The molecular weight excluding hydrogens is 320 g/mol. The number of hydrogen-bond acceptors (Lipinski definition) is 4. The summed E-state index contributed by atoms with van der Waals surface area (Å²) in [5.74, 6) is 1.07. The fourth-order valence-electron chi connectivity index (χ4n) is 1.83. The topological polar surface area (TPSA) is 59.2 Å². The van der Waals surface area contributed by atoms with Gasteiger partial charge < -0.3 is 9.63 Å². The largest absolute Gasteiger partial charge is 0.508 e. The van der Waals surface area contributed by atoms with Crippen LogP contribution in [0.3, 0.4) is 0 Å². The highest BCUT2D eigenvalue weighted by molar-refractivity contribution is 9.10. The number of phenolic OH excluding ortho intramolecular Hbond substituents is 1. The van der Waals surface area contributed by atoms with E-state index in [-0.39, 0.29) is 5.75 Å². The van der Waals surface area contributed by atoms with E-state index in [9.17, 15) is 5.11 Å². The third-order valence-electron chi connectivity index (χ3n) is 2.95. The molecule has 1 heterocycles. The first-order valence-corrected chi connectivity index (χ1v) is 6.82. The minimum Gasteiger partial charge on any atom is -0.508 e. The van der Waals surface area contributed by atoms with Crippen molar-refractivity contribution in [3.63, 3.8) is 0 Å². The van der Waals surface area contributed by atoms with Crippen molar-refractivity contribution in [1.29, 1.82) is 0 Å². The average Bonchev–Trinajstić information content (AvgIpc) is 2.92. The summed E-state index contributed by atoms with van der Waals surface area (Å²) in [6.45, 7) is 2.02. The van der Waals surface area contributed by atoms with Gasteiger partial charge in [0.15, 0.2) is 0 Å². The van der Waals surface area contributed by atoms with Crippen LogP contribution in [0.25, 0.3) is 22.8 Å². The highest BCUT2D eigenvalue weighted by Crippen LogP contribution is 2.27. The standard InChI is InChI=1S/C15H11BrN2O2/c1-9-5-6-10(8-13(9)16)14-17-15(20-18-14)11-3-2-4-12(19)7-11/h2-8,19H,1H3. The van der Waals surface area contributed by atoms with Crippen molar-refractivity contribution in [1.82, 2.24) is 10.1 Å². The van der Waals surface area contributed by atoms with Crippen LogP contribution in [0.5, 0.6) is 5.75 Å². The van der Waals surface area contributed by atoms with Gasteiger partial charge >= 0.3 is 0 Å². The van der Waals surface area contributed by atoms with E-state index in [2.05, 4.69) is 26.1 Å². The lowest BCUT2D eigenvalue weighted by molar-refractivity contribution is 0.431. The molecule has 2 aromatic carbocycles. The second-order valence-corrected chi connectivity index (χ2v) is 5.29. The van der Waals surface area contributed by atoms with Crippen LogP contribution < -0.4 is 0 Å². The molecule has 1 aromatic heterocycles. The molecule has 5 heteroatoms. The zero-order valence-corrected chi connectivity index (χ0v) is 12.3. The van der Waals surface area contributed by atoms with E-state index >= 15 is 0 Å². The average molecular weight is 331 g/mol. The molecule has 0 saturated heterocycles. The van der Waals surface area contributed by atoms with Crippen LogP contribution in [0.2, 0.25) is 0 Å². The number of benzene rings is 2. The Balaban J connectivity index is 1.99. The van der Waals surface area contributed by atoms with Crippen molar-refractivity contribution >= 4 is 15.9 Å². The maximum absolute atomic E-state index is 9.47. The van der Waals surface area contributed by atoms with E-state index in [1.54, 1.807) is 18.2 Å². The molecule has 4 nitrogen and oxygen atoms in total. The van der Waals surface area contributed by atoms with Crippen LogP contribution in [-0.2, 0) is 0 Å². The molecule has 0 aliphatic rings. The Morgan fingerprint density at radius 2 is 1.95 bits per heavy atom. The van der Waals surface area contributed by atoms with E-state index in [1.807, 2.05) is 31.2 Å². The lowest BCUT2D eigenvalue weighted by Gasteiger charge is -1.99. The quantitative estimate of drug-likeness (QED) is 0.765. The second kappa shape index (κ2) is 5.09. The van der Waals surface area contributed by atoms with Gasteiger partial charge in [0.2, 0.25) is 5.82 Å². The van der Waals surface area contributed by atoms with E-state index in [0.717, 1.165) is 15.6 Å². The summed E-state index contributed by atoms with van der Waals surface area (Å²) >= 11 is 3.49. The molecule has 3 aromatic rings. The van der Waals surface area contributed by atoms with Crippen molar-refractivity contribution in [2.45, 2.75) is 6.92 Å². The van der Waals surface area contributed by atoms with Crippen molar-refractivity contribution in [3.05, 3.63) is 52.5 Å². The van der Waals surface area contributed by atoms with Gasteiger partial charge in [-0.3, -0.25) is 0 Å². The molecule has 0 aliphatic carbocycles. The minimum atomic E-state index is 0.167. The van der Waals surface area contributed by atoms with Crippen LogP contribution in [0.4, 0.5) is 0 Å². The number of nitrogens with zero attached hydrogens (tertiary/aromatic N) is 2. The third kappa shape index (κ3) is 2.44. The lowest BCUT2D eigenvalue weighted by Crippen LogP contribution is -1.83. The summed E-state index contributed by atoms with van der Waals surface area (Å²) in [4.78, 5) is 4.35. The molecule has 20 heavy (non-hydrogen) atoms. The van der Waals surface area contributed by atoms with E-state index in [4.69, 9.17) is 4.52 Å². The van der Waals surface area contributed by atoms with Crippen molar-refractivity contribution in [3.8, 4) is 28.6 Å². The molecule has 0 bridgehead atoms. The van der Waals surface area contributed by atoms with Gasteiger partial charge in [-0.15, -0.1) is 0 Å². The number of halogens is 1. The number of aryl methyl sites for hydroxylation is 1. The maximum Gasteiger partial charge on any atom is 0.258 e. The van der Waals surface area contributed by atoms with Gasteiger partial charge in [-0.05, 0) is 36.8 Å². The van der Waals surface area contributed by atoms with Crippen LogP contribution in [-0.4, -0.2) is 15.2 Å². The zero-order chi connectivity index (χ0) is 14.1. The molecule has 3 rings (SSSR count). The second-order valence-electron chi connectivity index (χ2n) is 4.44. The van der Waals surface area contributed by atoms with E-state index in [0.29, 0.717) is 17.3 Å². The molecule has 100 valence electrons. The molecular formula is C15H11BrN2O2. The predicted octanol–water partition coefficient (Wildman–Crippen LogP) is 4.18. The zero-order valence-electron chi connectivity index (χ0n) is 10.7. The van der Waals surface area contributed by atoms with Crippen molar-refractivity contribution < 1.29 is 9.63 Å². The monoisotopic (exact) mass is 330 g/mol. The molecule has 0 atom stereocenters. The Bertz CT molecular complexity index is 768. The van der Waals surface area contributed by atoms with Crippen LogP contribution in [0, 0.1) is 6.92 Å². The molecule has 0 aliphatic heterocycles. The fraction of sp³-hybridized carbons (Fsp3) is 0.0667.